The molecule has 12 atom stereocenters. The highest BCUT2D eigenvalue weighted by Gasteiger charge is 2.50. The van der Waals surface area contributed by atoms with E-state index < -0.39 is 86.8 Å². The summed E-state index contributed by atoms with van der Waals surface area (Å²) in [7, 11) is 0. The maximum absolute atomic E-state index is 13.0. The third kappa shape index (κ3) is 17.9. The van der Waals surface area contributed by atoms with Crippen LogP contribution in [0.3, 0.4) is 0 Å². The van der Waals surface area contributed by atoms with Gasteiger partial charge in [0.05, 0.1) is 32.0 Å². The highest BCUT2D eigenvalue weighted by molar-refractivity contribution is 5.76. The van der Waals surface area contributed by atoms with E-state index in [1.165, 1.54) is 77.0 Å². The Balaban J connectivity index is 1.95. The maximum Gasteiger partial charge on any atom is 0.220 e. The Morgan fingerprint density at radius 1 is 0.648 bits per heavy atom. The monoisotopic (exact) mass is 778 g/mol. The summed E-state index contributed by atoms with van der Waals surface area (Å²) in [4.78, 5) is 13.0. The van der Waals surface area contributed by atoms with E-state index in [1.807, 2.05) is 6.08 Å². The molecule has 318 valence electrons. The lowest BCUT2D eigenvalue weighted by Crippen LogP contribution is -2.65. The van der Waals surface area contributed by atoms with E-state index in [1.54, 1.807) is 6.08 Å². The molecule has 14 nitrogen and oxygen atoms in total. The largest absolute Gasteiger partial charge is 0.394 e. The second kappa shape index (κ2) is 29.0. The fourth-order valence-electron chi connectivity index (χ4n) is 6.94. The first kappa shape index (κ1) is 48.9. The first-order chi connectivity index (χ1) is 26.1. The van der Waals surface area contributed by atoms with Gasteiger partial charge < -0.3 is 65.1 Å². The minimum absolute atomic E-state index is 0.245. The molecule has 0 radical (unpaired) electrons. The molecule has 2 rings (SSSR count). The number of carbonyl (C=O) groups excluding carboxylic acids is 1. The van der Waals surface area contributed by atoms with Crippen LogP contribution in [0.15, 0.2) is 12.2 Å². The van der Waals surface area contributed by atoms with Gasteiger partial charge in [-0.1, -0.05) is 129 Å². The van der Waals surface area contributed by atoms with Crippen molar-refractivity contribution in [1.82, 2.24) is 5.32 Å². The highest BCUT2D eigenvalue weighted by atomic mass is 16.7. The molecule has 2 saturated heterocycles. The standard InChI is InChI=1S/C40H75NO13/c1-3-5-7-9-11-13-15-17-19-21-23-29(44)28(41-32(45)24-22-20-18-16-14-12-10-8-6-4-2)27-51-39-37(50)35(48)38(31(26-43)53-39)54-40-36(49)34(47)33(46)30(25-42)52-40/h21,23,28-31,33-40,42-44,46-50H,3-20,22,24-27H2,1-2H3,(H,41,45)/b23-21+. The minimum Gasteiger partial charge on any atom is -0.394 e. The Labute approximate surface area is 323 Å². The van der Waals surface area contributed by atoms with Crippen molar-refractivity contribution in [3.05, 3.63) is 12.2 Å². The van der Waals surface area contributed by atoms with Crippen molar-refractivity contribution in [2.24, 2.45) is 0 Å². The van der Waals surface area contributed by atoms with Crippen LogP contribution in [0.2, 0.25) is 0 Å². The number of carbonyl (C=O) groups is 1. The van der Waals surface area contributed by atoms with Gasteiger partial charge in [0.1, 0.15) is 48.8 Å². The Morgan fingerprint density at radius 3 is 1.70 bits per heavy atom. The van der Waals surface area contributed by atoms with Gasteiger partial charge in [-0.2, -0.15) is 0 Å². The number of ether oxygens (including phenoxy) is 4. The van der Waals surface area contributed by atoms with Crippen LogP contribution in [-0.4, -0.2) is 140 Å². The number of rotatable bonds is 30. The molecule has 2 aliphatic rings. The number of amides is 1. The number of hydrogen-bond donors (Lipinski definition) is 9. The quantitative estimate of drug-likeness (QED) is 0.0378. The first-order valence-electron chi connectivity index (χ1n) is 20.9. The van der Waals surface area contributed by atoms with Crippen LogP contribution in [0.1, 0.15) is 142 Å². The lowest BCUT2D eigenvalue weighted by molar-refractivity contribution is -0.359. The lowest BCUT2D eigenvalue weighted by atomic mass is 9.97. The average Bonchev–Trinajstić information content (AvgIpc) is 3.17. The third-order valence-corrected chi connectivity index (χ3v) is 10.5. The zero-order valence-electron chi connectivity index (χ0n) is 33.0. The van der Waals surface area contributed by atoms with Crippen molar-refractivity contribution in [3.8, 4) is 0 Å². The van der Waals surface area contributed by atoms with Crippen LogP contribution in [0.4, 0.5) is 0 Å². The summed E-state index contributed by atoms with van der Waals surface area (Å²) in [5.74, 6) is -0.245. The predicted molar refractivity (Wildman–Crippen MR) is 203 cm³/mol. The Kier molecular flexibility index (Phi) is 26.3. The highest BCUT2D eigenvalue weighted by Crippen LogP contribution is 2.30. The maximum atomic E-state index is 13.0. The molecular formula is C40H75NO13. The molecule has 12 unspecified atom stereocenters. The van der Waals surface area contributed by atoms with Gasteiger partial charge in [0.2, 0.25) is 5.91 Å². The summed E-state index contributed by atoms with van der Waals surface area (Å²) in [6.45, 7) is 2.71. The summed E-state index contributed by atoms with van der Waals surface area (Å²) in [5.41, 5.74) is 0. The van der Waals surface area contributed by atoms with Crippen LogP contribution >= 0.6 is 0 Å². The number of allylic oxidation sites excluding steroid dienone is 1. The Morgan fingerprint density at radius 2 is 1.15 bits per heavy atom. The molecule has 0 aromatic heterocycles. The molecule has 0 saturated carbocycles. The van der Waals surface area contributed by atoms with Gasteiger partial charge in [0.15, 0.2) is 12.6 Å². The summed E-state index contributed by atoms with van der Waals surface area (Å²) in [6, 6.07) is -0.904. The van der Waals surface area contributed by atoms with E-state index in [9.17, 15) is 45.6 Å². The molecular weight excluding hydrogens is 702 g/mol. The molecule has 14 heteroatoms. The normalized spacial score (nSPS) is 30.1. The lowest BCUT2D eigenvalue weighted by Gasteiger charge is -2.46. The molecule has 0 aromatic rings. The van der Waals surface area contributed by atoms with Crippen LogP contribution in [0.25, 0.3) is 0 Å². The van der Waals surface area contributed by atoms with Gasteiger partial charge in [0, 0.05) is 6.42 Å². The van der Waals surface area contributed by atoms with E-state index in [0.717, 1.165) is 38.5 Å². The number of aliphatic hydroxyl groups excluding tert-OH is 8. The number of aliphatic hydroxyl groups is 8. The topological polar surface area (TPSA) is 228 Å². The molecule has 54 heavy (non-hydrogen) atoms. The van der Waals surface area contributed by atoms with Gasteiger partial charge in [-0.3, -0.25) is 4.79 Å². The molecule has 2 fully saturated rings. The molecule has 0 aromatic carbocycles. The molecule has 1 amide bonds. The van der Waals surface area contributed by atoms with Crippen molar-refractivity contribution in [1.29, 1.82) is 0 Å². The van der Waals surface area contributed by atoms with E-state index in [2.05, 4.69) is 19.2 Å². The summed E-state index contributed by atoms with van der Waals surface area (Å²) >= 11 is 0. The van der Waals surface area contributed by atoms with E-state index >= 15 is 0 Å². The van der Waals surface area contributed by atoms with Gasteiger partial charge in [-0.05, 0) is 19.3 Å². The molecule has 9 N–H and O–H groups in total. The predicted octanol–water partition coefficient (Wildman–Crippen LogP) is 2.87. The molecule has 2 aliphatic heterocycles. The summed E-state index contributed by atoms with van der Waals surface area (Å²) in [5, 5.41) is 86.1. The molecule has 2 heterocycles. The zero-order valence-corrected chi connectivity index (χ0v) is 33.0. The van der Waals surface area contributed by atoms with Gasteiger partial charge in [-0.15, -0.1) is 0 Å². The van der Waals surface area contributed by atoms with Gasteiger partial charge >= 0.3 is 0 Å². The van der Waals surface area contributed by atoms with Crippen LogP contribution in [0.5, 0.6) is 0 Å². The van der Waals surface area contributed by atoms with Crippen LogP contribution in [-0.2, 0) is 23.7 Å². The summed E-state index contributed by atoms with van der Waals surface area (Å²) in [6.07, 6.45) is 8.50. The van der Waals surface area contributed by atoms with E-state index in [-0.39, 0.29) is 18.9 Å². The SMILES string of the molecule is CCCCCCCCCC/C=C/C(O)C(COC1OC(CO)C(OC2OC(CO)C(O)C(O)C2O)C(O)C1O)NC(=O)CCCCCCCCCCCC. The smallest absolute Gasteiger partial charge is 0.220 e. The molecule has 0 spiro atoms. The second-order valence-electron chi connectivity index (χ2n) is 15.1. The van der Waals surface area contributed by atoms with Crippen LogP contribution in [0, 0.1) is 0 Å². The van der Waals surface area contributed by atoms with Crippen molar-refractivity contribution in [2.75, 3.05) is 19.8 Å². The van der Waals surface area contributed by atoms with Crippen molar-refractivity contribution in [3.63, 3.8) is 0 Å². The second-order valence-corrected chi connectivity index (χ2v) is 15.1. The number of nitrogens with one attached hydrogen (secondary N) is 1. The fraction of sp³-hybridized carbons (Fsp3) is 0.925. The third-order valence-electron chi connectivity index (χ3n) is 10.5. The van der Waals surface area contributed by atoms with E-state index in [0.29, 0.717) is 6.42 Å². The number of unbranched alkanes of at least 4 members (excludes halogenated alkanes) is 17. The van der Waals surface area contributed by atoms with E-state index in [4.69, 9.17) is 18.9 Å². The Bertz CT molecular complexity index is 972. The Hall–Kier alpha value is -1.27. The van der Waals surface area contributed by atoms with Crippen molar-refractivity contribution < 1.29 is 64.6 Å². The summed E-state index contributed by atoms with van der Waals surface area (Å²) < 4.78 is 22.5. The number of hydrogen-bond acceptors (Lipinski definition) is 13. The van der Waals surface area contributed by atoms with Gasteiger partial charge in [0.25, 0.3) is 0 Å². The molecule has 0 aliphatic carbocycles. The average molecular weight is 778 g/mol. The van der Waals surface area contributed by atoms with Crippen LogP contribution < -0.4 is 5.32 Å². The van der Waals surface area contributed by atoms with Gasteiger partial charge in [-0.25, -0.2) is 0 Å². The molecule has 0 bridgehead atoms. The van der Waals surface area contributed by atoms with Crippen molar-refractivity contribution in [2.45, 2.75) is 216 Å². The minimum atomic E-state index is -1.78. The first-order valence-corrected chi connectivity index (χ1v) is 20.9. The van der Waals surface area contributed by atoms with Crippen molar-refractivity contribution >= 4 is 5.91 Å². The zero-order chi connectivity index (χ0) is 39.7. The fourth-order valence-corrected chi connectivity index (χ4v) is 6.94.